The fraction of sp³-hybridized carbons (Fsp3) is 0.381. The van der Waals surface area contributed by atoms with Crippen LogP contribution in [0.5, 0.6) is 0 Å². The van der Waals surface area contributed by atoms with Gasteiger partial charge in [-0.1, -0.05) is 36.6 Å². The van der Waals surface area contributed by atoms with Crippen LogP contribution in [0.1, 0.15) is 31.4 Å². The summed E-state index contributed by atoms with van der Waals surface area (Å²) in [5.41, 5.74) is 3.41. The summed E-state index contributed by atoms with van der Waals surface area (Å²) in [5, 5.41) is 3.48. The highest BCUT2D eigenvalue weighted by Gasteiger charge is 2.29. The number of sulfonamides is 1. The Bertz CT molecular complexity index is 1110. The Kier molecular flexibility index (Phi) is 5.84. The molecule has 0 saturated carbocycles. The van der Waals surface area contributed by atoms with Crippen molar-refractivity contribution in [3.05, 3.63) is 46.4 Å². The molecule has 1 saturated heterocycles. The maximum Gasteiger partial charge on any atom is 0.244 e. The van der Waals surface area contributed by atoms with E-state index in [1.807, 2.05) is 48.2 Å². The van der Waals surface area contributed by atoms with Gasteiger partial charge in [-0.3, -0.25) is 0 Å². The van der Waals surface area contributed by atoms with E-state index < -0.39 is 10.0 Å². The van der Waals surface area contributed by atoms with Crippen LogP contribution < -0.4 is 0 Å². The van der Waals surface area contributed by atoms with E-state index in [-0.39, 0.29) is 0 Å². The quantitative estimate of drug-likeness (QED) is 0.540. The number of hydrogen-bond acceptors (Lipinski definition) is 4. The Labute approximate surface area is 181 Å². The van der Waals surface area contributed by atoms with Crippen molar-refractivity contribution < 1.29 is 8.42 Å². The van der Waals surface area contributed by atoms with Gasteiger partial charge in [0.25, 0.3) is 0 Å². The van der Waals surface area contributed by atoms with Crippen LogP contribution >= 0.6 is 22.9 Å². The first kappa shape index (κ1) is 20.6. The first-order valence-corrected chi connectivity index (χ1v) is 12.5. The summed E-state index contributed by atoms with van der Waals surface area (Å²) in [6, 6.07) is 9.34. The molecule has 1 aliphatic heterocycles. The van der Waals surface area contributed by atoms with E-state index in [1.54, 1.807) is 10.4 Å². The summed E-state index contributed by atoms with van der Waals surface area (Å²) in [5.74, 6) is 0. The van der Waals surface area contributed by atoms with Crippen LogP contribution in [0, 0.1) is 6.92 Å². The monoisotopic (exact) mass is 449 g/mol. The Morgan fingerprint density at radius 2 is 1.72 bits per heavy atom. The number of rotatable bonds is 4. The minimum absolute atomic E-state index is 0.389. The van der Waals surface area contributed by atoms with Gasteiger partial charge in [0.05, 0.1) is 11.4 Å². The van der Waals surface area contributed by atoms with Gasteiger partial charge in [0, 0.05) is 41.8 Å². The molecule has 0 spiro atoms. The van der Waals surface area contributed by atoms with Gasteiger partial charge < -0.3 is 4.57 Å². The molecule has 2 aromatic heterocycles. The standard InChI is InChI=1S/C21H24ClN3O2S2/c1-15-20(29(26,27)25-11-5-3-4-6-12-25)13-19(24(15)2)21-23-18(14-28-21)16-7-9-17(22)10-8-16/h7-10,13-14H,3-6,11-12H2,1-2H3. The van der Waals surface area contributed by atoms with Crippen molar-refractivity contribution >= 4 is 33.0 Å². The zero-order valence-corrected chi connectivity index (χ0v) is 18.9. The number of aromatic nitrogens is 2. The van der Waals surface area contributed by atoms with Gasteiger partial charge in [-0.15, -0.1) is 11.3 Å². The second kappa shape index (κ2) is 8.22. The summed E-state index contributed by atoms with van der Waals surface area (Å²) in [6.45, 7) is 3.07. The smallest absolute Gasteiger partial charge is 0.244 e. The summed E-state index contributed by atoms with van der Waals surface area (Å²) in [7, 11) is -1.60. The minimum atomic E-state index is -3.50. The zero-order chi connectivity index (χ0) is 20.6. The van der Waals surface area contributed by atoms with Crippen LogP contribution in [0.15, 0.2) is 40.6 Å². The molecule has 8 heteroatoms. The first-order chi connectivity index (χ1) is 13.9. The summed E-state index contributed by atoms with van der Waals surface area (Å²) < 4.78 is 30.2. The van der Waals surface area contributed by atoms with Crippen LogP contribution in [0.4, 0.5) is 0 Å². The van der Waals surface area contributed by atoms with Crippen molar-refractivity contribution in [2.24, 2.45) is 7.05 Å². The van der Waals surface area contributed by atoms with Gasteiger partial charge in [-0.05, 0) is 38.0 Å². The topological polar surface area (TPSA) is 55.2 Å². The van der Waals surface area contributed by atoms with Crippen LogP contribution in [0.2, 0.25) is 5.02 Å². The Morgan fingerprint density at radius 3 is 2.38 bits per heavy atom. The predicted molar refractivity (Wildman–Crippen MR) is 119 cm³/mol. The third-order valence-corrected chi connectivity index (χ3v) is 8.67. The molecule has 1 aromatic carbocycles. The highest BCUT2D eigenvalue weighted by Crippen LogP contribution is 2.34. The molecule has 0 aliphatic carbocycles. The lowest BCUT2D eigenvalue weighted by Gasteiger charge is -2.19. The lowest BCUT2D eigenvalue weighted by atomic mass is 10.2. The van der Waals surface area contributed by atoms with Crippen LogP contribution in [-0.4, -0.2) is 35.4 Å². The maximum absolute atomic E-state index is 13.3. The average Bonchev–Trinajstić information content (AvgIpc) is 3.17. The first-order valence-electron chi connectivity index (χ1n) is 9.76. The van der Waals surface area contributed by atoms with Crippen LogP contribution in [0.25, 0.3) is 22.0 Å². The number of thiazole rings is 1. The van der Waals surface area contributed by atoms with Gasteiger partial charge >= 0.3 is 0 Å². The highest BCUT2D eigenvalue weighted by atomic mass is 35.5. The van der Waals surface area contributed by atoms with E-state index >= 15 is 0 Å². The van der Waals surface area contributed by atoms with Crippen molar-refractivity contribution in [1.82, 2.24) is 13.9 Å². The van der Waals surface area contributed by atoms with Crippen molar-refractivity contribution in [2.75, 3.05) is 13.1 Å². The van der Waals surface area contributed by atoms with Gasteiger partial charge in [0.1, 0.15) is 9.90 Å². The fourth-order valence-corrected chi connectivity index (χ4v) is 6.50. The molecule has 0 radical (unpaired) electrons. The predicted octanol–water partition coefficient (Wildman–Crippen LogP) is 5.34. The van der Waals surface area contributed by atoms with Crippen LogP contribution in [-0.2, 0) is 17.1 Å². The molecule has 0 atom stereocenters. The van der Waals surface area contributed by atoms with Crippen molar-refractivity contribution in [3.63, 3.8) is 0 Å². The molecule has 3 aromatic rings. The maximum atomic E-state index is 13.3. The normalized spacial score (nSPS) is 16.1. The van der Waals surface area contributed by atoms with Gasteiger partial charge in [-0.25, -0.2) is 13.4 Å². The van der Waals surface area contributed by atoms with Crippen LogP contribution in [0.3, 0.4) is 0 Å². The average molecular weight is 450 g/mol. The number of hydrogen-bond donors (Lipinski definition) is 0. The molecule has 0 unspecified atom stereocenters. The molecule has 1 aliphatic rings. The molecule has 0 bridgehead atoms. The lowest BCUT2D eigenvalue weighted by Crippen LogP contribution is -2.32. The summed E-state index contributed by atoms with van der Waals surface area (Å²) in [4.78, 5) is 5.14. The second-order valence-electron chi connectivity index (χ2n) is 7.40. The molecule has 29 heavy (non-hydrogen) atoms. The van der Waals surface area contributed by atoms with Crippen molar-refractivity contribution in [2.45, 2.75) is 37.5 Å². The molecule has 1 fully saturated rings. The third-order valence-electron chi connectivity index (χ3n) is 5.54. The molecular formula is C21H24ClN3O2S2. The Morgan fingerprint density at radius 1 is 1.07 bits per heavy atom. The number of nitrogens with zero attached hydrogens (tertiary/aromatic N) is 3. The Balaban J connectivity index is 1.69. The molecule has 3 heterocycles. The third kappa shape index (κ3) is 4.01. The molecule has 5 nitrogen and oxygen atoms in total. The Hall–Kier alpha value is -1.67. The summed E-state index contributed by atoms with van der Waals surface area (Å²) in [6.07, 6.45) is 4.04. The minimum Gasteiger partial charge on any atom is -0.345 e. The zero-order valence-electron chi connectivity index (χ0n) is 16.6. The number of halogens is 1. The highest BCUT2D eigenvalue weighted by molar-refractivity contribution is 7.89. The second-order valence-corrected chi connectivity index (χ2v) is 10.6. The fourth-order valence-electron chi connectivity index (χ4n) is 3.70. The van der Waals surface area contributed by atoms with E-state index in [0.29, 0.717) is 23.0 Å². The molecular weight excluding hydrogens is 426 g/mol. The number of benzene rings is 1. The van der Waals surface area contributed by atoms with Gasteiger partial charge in [0.15, 0.2) is 0 Å². The lowest BCUT2D eigenvalue weighted by molar-refractivity contribution is 0.423. The van der Waals surface area contributed by atoms with E-state index in [1.165, 1.54) is 11.3 Å². The summed E-state index contributed by atoms with van der Waals surface area (Å²) >= 11 is 7.49. The molecule has 4 rings (SSSR count). The van der Waals surface area contributed by atoms with Gasteiger partial charge in [-0.2, -0.15) is 4.31 Å². The van der Waals surface area contributed by atoms with E-state index in [0.717, 1.165) is 53.3 Å². The molecule has 0 N–H and O–H groups in total. The van der Waals surface area contributed by atoms with E-state index in [4.69, 9.17) is 16.6 Å². The largest absolute Gasteiger partial charge is 0.345 e. The van der Waals surface area contributed by atoms with E-state index in [9.17, 15) is 8.42 Å². The molecule has 0 amide bonds. The van der Waals surface area contributed by atoms with Gasteiger partial charge in [0.2, 0.25) is 10.0 Å². The van der Waals surface area contributed by atoms with Crippen molar-refractivity contribution in [3.8, 4) is 22.0 Å². The SMILES string of the molecule is Cc1c(S(=O)(=O)N2CCCCCC2)cc(-c2nc(-c3ccc(Cl)cc3)cs2)n1C. The molecule has 154 valence electrons. The van der Waals surface area contributed by atoms with E-state index in [2.05, 4.69) is 0 Å². The van der Waals surface area contributed by atoms with Crippen molar-refractivity contribution in [1.29, 1.82) is 0 Å².